The maximum Gasteiger partial charge on any atom is 0.264 e. The molecule has 3 aromatic carbocycles. The third-order valence-electron chi connectivity index (χ3n) is 6.95. The Morgan fingerprint density at radius 2 is 1.49 bits per heavy atom. The van der Waals surface area contributed by atoms with Crippen molar-refractivity contribution in [1.82, 2.24) is 10.2 Å². The topological polar surface area (TPSA) is 86.8 Å². The molecular weight excluding hydrogens is 581 g/mol. The number of anilines is 1. The van der Waals surface area contributed by atoms with Gasteiger partial charge in [0.15, 0.2) is 0 Å². The van der Waals surface area contributed by atoms with E-state index in [0.29, 0.717) is 34.1 Å². The number of sulfonamides is 1. The normalized spacial score (nSPS) is 12.9. The number of carbonyl (C=O) groups is 2. The number of carbonyl (C=O) groups excluding carboxylic acids is 2. The number of aryl methyl sites for hydroxylation is 2. The van der Waals surface area contributed by atoms with Crippen molar-refractivity contribution in [2.24, 2.45) is 0 Å². The van der Waals surface area contributed by atoms with Gasteiger partial charge in [-0.05, 0) is 75.6 Å². The van der Waals surface area contributed by atoms with E-state index in [4.69, 9.17) is 23.2 Å². The summed E-state index contributed by atoms with van der Waals surface area (Å²) in [5, 5.41) is 3.64. The standard InChI is InChI=1S/C31H37Cl2N3O4S/c1-6-23(5)34-31(38)29(7-2)35(19-26-27(32)12-9-13-28(26)33)30(37)20-36(24-11-8-10-22(4)18-24)41(39,40)25-16-14-21(3)15-17-25/h8-18,23,29H,6-7,19-20H2,1-5H3,(H,34,38)/t23-,29+/m1/s1. The number of benzene rings is 3. The van der Waals surface area contributed by atoms with Gasteiger partial charge in [0.1, 0.15) is 12.6 Å². The van der Waals surface area contributed by atoms with E-state index in [1.54, 1.807) is 55.5 Å². The third kappa shape index (κ3) is 8.03. The van der Waals surface area contributed by atoms with Gasteiger partial charge in [-0.25, -0.2) is 8.42 Å². The number of nitrogens with zero attached hydrogens (tertiary/aromatic N) is 2. The van der Waals surface area contributed by atoms with Gasteiger partial charge in [0.2, 0.25) is 11.8 Å². The number of amides is 2. The van der Waals surface area contributed by atoms with Crippen LogP contribution in [0.15, 0.2) is 71.6 Å². The predicted octanol–water partition coefficient (Wildman–Crippen LogP) is 6.53. The molecule has 3 aromatic rings. The van der Waals surface area contributed by atoms with E-state index in [-0.39, 0.29) is 23.4 Å². The molecule has 0 aliphatic rings. The van der Waals surface area contributed by atoms with Crippen LogP contribution in [0.5, 0.6) is 0 Å². The Balaban J connectivity index is 2.10. The van der Waals surface area contributed by atoms with Crippen LogP contribution in [0, 0.1) is 13.8 Å². The monoisotopic (exact) mass is 617 g/mol. The van der Waals surface area contributed by atoms with Crippen LogP contribution in [0.2, 0.25) is 10.0 Å². The molecule has 0 radical (unpaired) electrons. The van der Waals surface area contributed by atoms with E-state index >= 15 is 0 Å². The van der Waals surface area contributed by atoms with Crippen molar-refractivity contribution in [3.05, 3.63) is 93.5 Å². The van der Waals surface area contributed by atoms with Crippen LogP contribution in [0.3, 0.4) is 0 Å². The molecule has 220 valence electrons. The molecule has 0 saturated carbocycles. The van der Waals surface area contributed by atoms with Crippen LogP contribution in [-0.2, 0) is 26.2 Å². The number of rotatable bonds is 12. The molecule has 0 bridgehead atoms. The zero-order valence-corrected chi connectivity index (χ0v) is 26.4. The van der Waals surface area contributed by atoms with Crippen molar-refractivity contribution in [3.8, 4) is 0 Å². The maximum absolute atomic E-state index is 14.2. The largest absolute Gasteiger partial charge is 0.352 e. The fourth-order valence-electron chi connectivity index (χ4n) is 4.36. The van der Waals surface area contributed by atoms with Gasteiger partial charge in [0.05, 0.1) is 10.6 Å². The summed E-state index contributed by atoms with van der Waals surface area (Å²) in [6.45, 7) is 8.75. The number of nitrogens with one attached hydrogen (secondary N) is 1. The molecule has 0 aliphatic heterocycles. The number of hydrogen-bond acceptors (Lipinski definition) is 4. The first kappa shape index (κ1) is 32.4. The zero-order valence-electron chi connectivity index (χ0n) is 24.0. The molecule has 7 nitrogen and oxygen atoms in total. The molecule has 41 heavy (non-hydrogen) atoms. The highest BCUT2D eigenvalue weighted by Gasteiger charge is 2.34. The van der Waals surface area contributed by atoms with E-state index in [1.165, 1.54) is 17.0 Å². The Morgan fingerprint density at radius 3 is 2.05 bits per heavy atom. The van der Waals surface area contributed by atoms with Gasteiger partial charge in [0, 0.05) is 28.2 Å². The summed E-state index contributed by atoms with van der Waals surface area (Å²) in [7, 11) is -4.15. The summed E-state index contributed by atoms with van der Waals surface area (Å²) in [6, 6.07) is 17.4. The number of hydrogen-bond donors (Lipinski definition) is 1. The SMILES string of the molecule is CC[C@@H](C)NC(=O)[C@H](CC)N(Cc1c(Cl)cccc1Cl)C(=O)CN(c1cccc(C)c1)S(=O)(=O)c1ccc(C)cc1. The molecule has 0 saturated heterocycles. The maximum atomic E-state index is 14.2. The highest BCUT2D eigenvalue weighted by atomic mass is 35.5. The highest BCUT2D eigenvalue weighted by Crippen LogP contribution is 2.29. The second-order valence-electron chi connectivity index (χ2n) is 10.1. The van der Waals surface area contributed by atoms with Crippen LogP contribution in [0.25, 0.3) is 0 Å². The molecule has 0 fully saturated rings. The zero-order chi connectivity index (χ0) is 30.3. The minimum absolute atomic E-state index is 0.0552. The second-order valence-corrected chi connectivity index (χ2v) is 12.8. The van der Waals surface area contributed by atoms with Crippen LogP contribution in [0.1, 0.15) is 50.3 Å². The molecule has 0 aromatic heterocycles. The summed E-state index contributed by atoms with van der Waals surface area (Å²) in [5.74, 6) is -0.897. The van der Waals surface area contributed by atoms with Crippen molar-refractivity contribution in [1.29, 1.82) is 0 Å². The summed E-state index contributed by atoms with van der Waals surface area (Å²) in [4.78, 5) is 29.0. The number of halogens is 2. The Morgan fingerprint density at radius 1 is 0.878 bits per heavy atom. The smallest absolute Gasteiger partial charge is 0.264 e. The van der Waals surface area contributed by atoms with Crippen molar-refractivity contribution < 1.29 is 18.0 Å². The van der Waals surface area contributed by atoms with Gasteiger partial charge in [-0.3, -0.25) is 13.9 Å². The van der Waals surface area contributed by atoms with E-state index in [1.807, 2.05) is 33.8 Å². The van der Waals surface area contributed by atoms with Crippen molar-refractivity contribution >= 4 is 50.7 Å². The fourth-order valence-corrected chi connectivity index (χ4v) is 6.29. The van der Waals surface area contributed by atoms with Gasteiger partial charge in [-0.2, -0.15) is 0 Å². The quantitative estimate of drug-likeness (QED) is 0.250. The molecule has 3 rings (SSSR count). The predicted molar refractivity (Wildman–Crippen MR) is 166 cm³/mol. The average molecular weight is 619 g/mol. The van der Waals surface area contributed by atoms with Gasteiger partial charge >= 0.3 is 0 Å². The van der Waals surface area contributed by atoms with E-state index in [2.05, 4.69) is 5.32 Å². The average Bonchev–Trinajstić information content (AvgIpc) is 2.93. The molecule has 2 atom stereocenters. The Labute approximate surface area is 253 Å². The molecule has 0 unspecified atom stereocenters. The van der Waals surface area contributed by atoms with Gasteiger partial charge < -0.3 is 10.2 Å². The first-order chi connectivity index (χ1) is 19.4. The lowest BCUT2D eigenvalue weighted by molar-refractivity contribution is -0.140. The second kappa shape index (κ2) is 14.2. The molecule has 1 N–H and O–H groups in total. The summed E-state index contributed by atoms with van der Waals surface area (Å²) in [6.07, 6.45) is 1.01. The van der Waals surface area contributed by atoms with E-state index < -0.39 is 28.5 Å². The lowest BCUT2D eigenvalue weighted by Crippen LogP contribution is -2.53. The minimum atomic E-state index is -4.15. The Hall–Kier alpha value is -3.07. The van der Waals surface area contributed by atoms with Crippen LogP contribution in [0.4, 0.5) is 5.69 Å². The van der Waals surface area contributed by atoms with Gasteiger partial charge in [-0.15, -0.1) is 0 Å². The molecule has 10 heteroatoms. The fraction of sp³-hybridized carbons (Fsp3) is 0.355. The van der Waals surface area contributed by atoms with Crippen LogP contribution in [-0.4, -0.2) is 43.8 Å². The van der Waals surface area contributed by atoms with Crippen LogP contribution >= 0.6 is 23.2 Å². The lowest BCUT2D eigenvalue weighted by atomic mass is 10.1. The molecule has 0 aliphatic carbocycles. The van der Waals surface area contributed by atoms with E-state index in [9.17, 15) is 18.0 Å². The Kier molecular flexibility index (Phi) is 11.2. The Bertz CT molecular complexity index is 1460. The van der Waals surface area contributed by atoms with E-state index in [0.717, 1.165) is 15.4 Å². The highest BCUT2D eigenvalue weighted by molar-refractivity contribution is 7.92. The molecule has 2 amide bonds. The van der Waals surface area contributed by atoms with Crippen molar-refractivity contribution in [3.63, 3.8) is 0 Å². The summed E-state index contributed by atoms with van der Waals surface area (Å²) in [5.41, 5.74) is 2.55. The van der Waals surface area contributed by atoms with Crippen LogP contribution < -0.4 is 9.62 Å². The van der Waals surface area contributed by atoms with Gasteiger partial charge in [-0.1, -0.05) is 72.9 Å². The first-order valence-corrected chi connectivity index (χ1v) is 15.8. The minimum Gasteiger partial charge on any atom is -0.352 e. The molecule has 0 spiro atoms. The molecular formula is C31H37Cl2N3O4S. The summed E-state index contributed by atoms with van der Waals surface area (Å²) >= 11 is 12.9. The summed E-state index contributed by atoms with van der Waals surface area (Å²) < 4.78 is 29.0. The van der Waals surface area contributed by atoms with Crippen molar-refractivity contribution in [2.75, 3.05) is 10.8 Å². The lowest BCUT2D eigenvalue weighted by Gasteiger charge is -2.34. The third-order valence-corrected chi connectivity index (χ3v) is 9.45. The molecule has 0 heterocycles. The first-order valence-electron chi connectivity index (χ1n) is 13.6. The van der Waals surface area contributed by atoms with Crippen molar-refractivity contribution in [2.45, 2.75) is 71.0 Å². The van der Waals surface area contributed by atoms with Gasteiger partial charge in [0.25, 0.3) is 10.0 Å².